The molecule has 1 aliphatic rings. The molecular weight excluding hydrogens is 473 g/mol. The van der Waals surface area contributed by atoms with E-state index in [2.05, 4.69) is 0 Å². The molecule has 3 rings (SSSR count). The summed E-state index contributed by atoms with van der Waals surface area (Å²) in [5.41, 5.74) is -0.609. The Balaban J connectivity index is 1.49. The second-order valence-corrected chi connectivity index (χ2v) is 10.1. The molecule has 1 aliphatic carbocycles. The minimum Gasteiger partial charge on any atom is -0.493 e. The summed E-state index contributed by atoms with van der Waals surface area (Å²) in [7, 11) is 0. The zero-order valence-corrected chi connectivity index (χ0v) is 21.4. The van der Waals surface area contributed by atoms with E-state index in [1.807, 2.05) is 0 Å². The van der Waals surface area contributed by atoms with E-state index in [1.165, 1.54) is 19.1 Å². The number of ether oxygens (including phenoxy) is 4. The Morgan fingerprint density at radius 2 is 1.61 bits per heavy atom. The largest absolute Gasteiger partial charge is 0.493 e. The van der Waals surface area contributed by atoms with Crippen LogP contribution in [-0.2, 0) is 14.3 Å². The third-order valence-electron chi connectivity index (χ3n) is 5.89. The number of esters is 1. The van der Waals surface area contributed by atoms with Crippen LogP contribution in [0.3, 0.4) is 0 Å². The van der Waals surface area contributed by atoms with E-state index in [0.717, 1.165) is 37.8 Å². The molecule has 0 atom stereocenters. The van der Waals surface area contributed by atoms with E-state index < -0.39 is 28.8 Å². The van der Waals surface area contributed by atoms with Crippen molar-refractivity contribution in [3.05, 3.63) is 47.8 Å². The average molecular weight is 509 g/mol. The molecule has 0 N–H and O–H groups in total. The standard InChI is InChI=1S/C28H35F3O5/c1-18(32)33-12-5-13-34-21-8-6-19(7-9-21)17-35-22-10-11-23(24(29)16-22)20-14-25(30)27(26(31)15-20)36-28(2,3)4/h10-11,14-16,19,21H,5-9,12-13,17H2,1-4H3. The Bertz CT molecular complexity index is 1000. The second kappa shape index (κ2) is 12.5. The van der Waals surface area contributed by atoms with Crippen LogP contribution in [0.4, 0.5) is 13.2 Å². The molecule has 0 spiro atoms. The van der Waals surface area contributed by atoms with Crippen LogP contribution < -0.4 is 9.47 Å². The summed E-state index contributed by atoms with van der Waals surface area (Å²) in [4.78, 5) is 10.8. The van der Waals surface area contributed by atoms with E-state index >= 15 is 0 Å². The van der Waals surface area contributed by atoms with Gasteiger partial charge in [-0.05, 0) is 82.2 Å². The number of carbonyl (C=O) groups is 1. The summed E-state index contributed by atoms with van der Waals surface area (Å²) < 4.78 is 65.7. The van der Waals surface area contributed by atoms with Crippen molar-refractivity contribution in [2.45, 2.75) is 71.5 Å². The van der Waals surface area contributed by atoms with Gasteiger partial charge in [0.15, 0.2) is 17.4 Å². The van der Waals surface area contributed by atoms with Gasteiger partial charge in [0.2, 0.25) is 0 Å². The van der Waals surface area contributed by atoms with Crippen molar-refractivity contribution in [3.8, 4) is 22.6 Å². The van der Waals surface area contributed by atoms with Crippen LogP contribution >= 0.6 is 0 Å². The monoisotopic (exact) mass is 508 g/mol. The summed E-state index contributed by atoms with van der Waals surface area (Å²) in [6.07, 6.45) is 4.59. The number of rotatable bonds is 10. The summed E-state index contributed by atoms with van der Waals surface area (Å²) in [6.45, 7) is 7.84. The molecule has 5 nitrogen and oxygen atoms in total. The summed E-state index contributed by atoms with van der Waals surface area (Å²) in [5, 5.41) is 0. The maximum absolute atomic E-state index is 14.8. The smallest absolute Gasteiger partial charge is 0.302 e. The Morgan fingerprint density at radius 1 is 0.944 bits per heavy atom. The highest BCUT2D eigenvalue weighted by atomic mass is 19.1. The zero-order chi connectivity index (χ0) is 26.3. The quantitative estimate of drug-likeness (QED) is 0.259. The Morgan fingerprint density at radius 3 is 2.19 bits per heavy atom. The fourth-order valence-electron chi connectivity index (χ4n) is 4.14. The average Bonchev–Trinajstić information content (AvgIpc) is 2.80. The van der Waals surface area contributed by atoms with Gasteiger partial charge in [0, 0.05) is 25.0 Å². The summed E-state index contributed by atoms with van der Waals surface area (Å²) in [6, 6.07) is 6.44. The number of hydrogen-bond donors (Lipinski definition) is 0. The molecule has 2 aromatic carbocycles. The topological polar surface area (TPSA) is 54.0 Å². The van der Waals surface area contributed by atoms with Gasteiger partial charge in [-0.15, -0.1) is 0 Å². The van der Waals surface area contributed by atoms with Crippen LogP contribution in [0.15, 0.2) is 30.3 Å². The van der Waals surface area contributed by atoms with Crippen LogP contribution in [0.2, 0.25) is 0 Å². The predicted molar refractivity (Wildman–Crippen MR) is 131 cm³/mol. The number of halogens is 3. The highest BCUT2D eigenvalue weighted by Gasteiger charge is 2.23. The maximum atomic E-state index is 14.8. The van der Waals surface area contributed by atoms with Crippen molar-refractivity contribution in [1.82, 2.24) is 0 Å². The minimum absolute atomic E-state index is 0.0776. The van der Waals surface area contributed by atoms with Crippen molar-refractivity contribution in [2.24, 2.45) is 5.92 Å². The third kappa shape index (κ3) is 8.43. The number of hydrogen-bond acceptors (Lipinski definition) is 5. The SMILES string of the molecule is CC(=O)OCCCOC1CCC(COc2ccc(-c3cc(F)c(OC(C)(C)C)c(F)c3)c(F)c2)CC1. The molecule has 0 aromatic heterocycles. The van der Waals surface area contributed by atoms with Crippen molar-refractivity contribution < 1.29 is 36.9 Å². The molecule has 36 heavy (non-hydrogen) atoms. The Labute approximate surface area is 210 Å². The fraction of sp³-hybridized carbons (Fsp3) is 0.536. The molecule has 0 saturated heterocycles. The first-order valence-corrected chi connectivity index (χ1v) is 12.4. The van der Waals surface area contributed by atoms with Gasteiger partial charge in [-0.25, -0.2) is 13.2 Å². The Hall–Kier alpha value is -2.74. The van der Waals surface area contributed by atoms with Gasteiger partial charge in [-0.2, -0.15) is 0 Å². The lowest BCUT2D eigenvalue weighted by Gasteiger charge is -2.28. The molecular formula is C28H35F3O5. The van der Waals surface area contributed by atoms with Crippen molar-refractivity contribution in [1.29, 1.82) is 0 Å². The van der Waals surface area contributed by atoms with Crippen molar-refractivity contribution in [3.63, 3.8) is 0 Å². The van der Waals surface area contributed by atoms with Gasteiger partial charge in [-0.1, -0.05) is 0 Å². The van der Waals surface area contributed by atoms with Crippen LogP contribution in [-0.4, -0.2) is 37.5 Å². The van der Waals surface area contributed by atoms with E-state index in [-0.39, 0.29) is 23.2 Å². The number of carbonyl (C=O) groups excluding carboxylic acids is 1. The van der Waals surface area contributed by atoms with Crippen LogP contribution in [0.1, 0.15) is 59.8 Å². The molecule has 0 aliphatic heterocycles. The third-order valence-corrected chi connectivity index (χ3v) is 5.89. The lowest BCUT2D eigenvalue weighted by molar-refractivity contribution is -0.141. The van der Waals surface area contributed by atoms with Gasteiger partial charge in [0.05, 0.1) is 25.9 Å². The van der Waals surface area contributed by atoms with Crippen molar-refractivity contribution >= 4 is 5.97 Å². The van der Waals surface area contributed by atoms with Crippen molar-refractivity contribution in [2.75, 3.05) is 19.8 Å². The first-order chi connectivity index (χ1) is 17.0. The lowest BCUT2D eigenvalue weighted by atomic mass is 9.88. The normalized spacial score (nSPS) is 18.1. The van der Waals surface area contributed by atoms with Gasteiger partial charge in [0.1, 0.15) is 17.2 Å². The van der Waals surface area contributed by atoms with Gasteiger partial charge < -0.3 is 18.9 Å². The van der Waals surface area contributed by atoms with E-state index in [1.54, 1.807) is 26.8 Å². The fourth-order valence-corrected chi connectivity index (χ4v) is 4.14. The molecule has 0 bridgehead atoms. The highest BCUT2D eigenvalue weighted by Crippen LogP contribution is 2.34. The van der Waals surface area contributed by atoms with Gasteiger partial charge >= 0.3 is 5.97 Å². The highest BCUT2D eigenvalue weighted by molar-refractivity contribution is 5.66. The summed E-state index contributed by atoms with van der Waals surface area (Å²) in [5.74, 6) is -2.45. The molecule has 0 unspecified atom stereocenters. The first kappa shape index (κ1) is 27.8. The second-order valence-electron chi connectivity index (χ2n) is 10.1. The molecule has 1 fully saturated rings. The van der Waals surface area contributed by atoms with E-state index in [0.29, 0.717) is 37.9 Å². The lowest BCUT2D eigenvalue weighted by Crippen LogP contribution is -2.25. The van der Waals surface area contributed by atoms with E-state index in [4.69, 9.17) is 18.9 Å². The first-order valence-electron chi connectivity index (χ1n) is 12.4. The molecule has 0 amide bonds. The van der Waals surface area contributed by atoms with Gasteiger partial charge in [-0.3, -0.25) is 4.79 Å². The maximum Gasteiger partial charge on any atom is 0.302 e. The molecule has 0 radical (unpaired) electrons. The van der Waals surface area contributed by atoms with Gasteiger partial charge in [0.25, 0.3) is 0 Å². The molecule has 1 saturated carbocycles. The molecule has 8 heteroatoms. The molecule has 0 heterocycles. The van der Waals surface area contributed by atoms with Crippen LogP contribution in [0.25, 0.3) is 11.1 Å². The zero-order valence-electron chi connectivity index (χ0n) is 21.4. The summed E-state index contributed by atoms with van der Waals surface area (Å²) >= 11 is 0. The molecule has 2 aromatic rings. The number of benzene rings is 2. The predicted octanol–water partition coefficient (Wildman–Crippen LogP) is 6.86. The van der Waals surface area contributed by atoms with Crippen LogP contribution in [0.5, 0.6) is 11.5 Å². The van der Waals surface area contributed by atoms with E-state index in [9.17, 15) is 18.0 Å². The Kier molecular flexibility index (Phi) is 9.65. The minimum atomic E-state index is -0.886. The van der Waals surface area contributed by atoms with Crippen LogP contribution in [0, 0.1) is 23.4 Å². The molecule has 198 valence electrons.